The smallest absolute Gasteiger partial charge is 0.252 e. The summed E-state index contributed by atoms with van der Waals surface area (Å²) in [4.78, 5) is 15.7. The van der Waals surface area contributed by atoms with Gasteiger partial charge < -0.3 is 9.64 Å². The molecule has 2 aromatic rings. The molecule has 2 aliphatic heterocycles. The van der Waals surface area contributed by atoms with Gasteiger partial charge in [0, 0.05) is 24.5 Å². The van der Waals surface area contributed by atoms with Crippen LogP contribution in [0.2, 0.25) is 0 Å². The number of methoxy groups -OCH3 is 1. The summed E-state index contributed by atoms with van der Waals surface area (Å²) in [5, 5.41) is 0. The molecule has 2 aliphatic rings. The lowest BCUT2D eigenvalue weighted by Crippen LogP contribution is -2.31. The molecule has 0 saturated carbocycles. The monoisotopic (exact) mass is 434 g/mol. The van der Waals surface area contributed by atoms with E-state index < -0.39 is 10.0 Å². The van der Waals surface area contributed by atoms with E-state index >= 15 is 0 Å². The molecule has 6 nitrogen and oxygen atoms in total. The Balaban J connectivity index is 1.47. The summed E-state index contributed by atoms with van der Waals surface area (Å²) in [7, 11) is -1.78. The number of sulfonamides is 1. The highest BCUT2D eigenvalue weighted by Crippen LogP contribution is 2.35. The Kier molecular flexibility index (Phi) is 5.94. The van der Waals surface area contributed by atoms with Crippen LogP contribution in [0, 0.1) is 0 Å². The number of hydrogen-bond acceptors (Lipinski definition) is 5. The van der Waals surface area contributed by atoms with Crippen molar-refractivity contribution < 1.29 is 17.9 Å². The van der Waals surface area contributed by atoms with Crippen LogP contribution < -0.4 is 4.74 Å². The number of carbonyl (C=O) groups is 1. The van der Waals surface area contributed by atoms with E-state index in [9.17, 15) is 13.2 Å². The Morgan fingerprint density at radius 2 is 1.93 bits per heavy atom. The molecule has 0 bridgehead atoms. The summed E-state index contributed by atoms with van der Waals surface area (Å²) in [5.41, 5.74) is 1.08. The van der Waals surface area contributed by atoms with Crippen LogP contribution in [0.4, 0.5) is 0 Å². The van der Waals surface area contributed by atoms with Crippen LogP contribution in [0.1, 0.15) is 42.2 Å². The lowest BCUT2D eigenvalue weighted by atomic mass is 10.0. The molecule has 2 saturated heterocycles. The van der Waals surface area contributed by atoms with Crippen LogP contribution in [-0.2, 0) is 21.2 Å². The first-order valence-corrected chi connectivity index (χ1v) is 12.3. The molecule has 1 aromatic carbocycles. The number of likely N-dealkylation sites (tertiary alicyclic amines) is 1. The average molecular weight is 435 g/mol. The van der Waals surface area contributed by atoms with Crippen molar-refractivity contribution >= 4 is 27.3 Å². The zero-order valence-corrected chi connectivity index (χ0v) is 18.2. The van der Waals surface area contributed by atoms with E-state index in [0.29, 0.717) is 17.3 Å². The van der Waals surface area contributed by atoms with Crippen LogP contribution in [0.3, 0.4) is 0 Å². The first kappa shape index (κ1) is 20.4. The van der Waals surface area contributed by atoms with E-state index in [0.717, 1.165) is 48.4 Å². The molecule has 3 heterocycles. The van der Waals surface area contributed by atoms with E-state index in [2.05, 4.69) is 0 Å². The van der Waals surface area contributed by atoms with Gasteiger partial charge in [0.05, 0.1) is 19.6 Å². The first-order chi connectivity index (χ1) is 14.0. The number of hydrogen-bond donors (Lipinski definition) is 0. The number of benzene rings is 1. The fourth-order valence-electron chi connectivity index (χ4n) is 4.16. The van der Waals surface area contributed by atoms with Crippen LogP contribution >= 0.6 is 11.3 Å². The largest absolute Gasteiger partial charge is 0.497 e. The van der Waals surface area contributed by atoms with Crippen LogP contribution in [0.5, 0.6) is 5.75 Å². The van der Waals surface area contributed by atoms with Gasteiger partial charge in [-0.3, -0.25) is 4.79 Å². The number of ether oxygens (including phenoxy) is 1. The normalized spacial score (nSPS) is 20.3. The van der Waals surface area contributed by atoms with Crippen LogP contribution in [-0.4, -0.2) is 50.3 Å². The van der Waals surface area contributed by atoms with E-state index in [1.54, 1.807) is 23.5 Å². The lowest BCUT2D eigenvalue weighted by Gasteiger charge is -2.25. The first-order valence-electron chi connectivity index (χ1n) is 10.0. The Morgan fingerprint density at radius 3 is 2.69 bits per heavy atom. The quantitative estimate of drug-likeness (QED) is 0.698. The van der Waals surface area contributed by atoms with Crippen molar-refractivity contribution in [3.05, 3.63) is 46.8 Å². The summed E-state index contributed by atoms with van der Waals surface area (Å²) in [6.07, 6.45) is 3.96. The minimum absolute atomic E-state index is 0.0438. The molecule has 1 aromatic heterocycles. The highest BCUT2D eigenvalue weighted by atomic mass is 32.2. The van der Waals surface area contributed by atoms with E-state index in [-0.39, 0.29) is 18.4 Å². The fourth-order valence-corrected chi connectivity index (χ4v) is 7.18. The second-order valence-corrected chi connectivity index (χ2v) is 10.9. The highest BCUT2D eigenvalue weighted by molar-refractivity contribution is 7.91. The molecule has 1 amide bonds. The van der Waals surface area contributed by atoms with Crippen molar-refractivity contribution in [2.45, 2.75) is 42.4 Å². The summed E-state index contributed by atoms with van der Waals surface area (Å²) in [6.45, 7) is 1.90. The van der Waals surface area contributed by atoms with Crippen molar-refractivity contribution in [3.63, 3.8) is 0 Å². The maximum absolute atomic E-state index is 13.0. The van der Waals surface area contributed by atoms with Gasteiger partial charge in [-0.15, -0.1) is 11.3 Å². The predicted octanol–water partition coefficient (Wildman–Crippen LogP) is 3.45. The SMILES string of the molecule is COc1cccc(C2CCCN2C(=O)Cc2ccc(S(=O)(=O)N3CCCC3)s2)c1. The Hall–Kier alpha value is -1.90. The second-order valence-electron chi connectivity index (χ2n) is 7.53. The molecule has 8 heteroatoms. The average Bonchev–Trinajstić information content (AvgIpc) is 3.49. The van der Waals surface area contributed by atoms with Crippen molar-refractivity contribution in [2.75, 3.05) is 26.7 Å². The molecule has 0 aliphatic carbocycles. The molecule has 156 valence electrons. The standard InChI is InChI=1S/C21H26N2O4S2/c1-27-17-7-4-6-16(14-17)19-8-5-13-23(19)20(24)15-18-9-10-21(28-18)29(25,26)22-11-2-3-12-22/h4,6-7,9-10,14,19H,2-3,5,8,11-13,15H2,1H3. The molecule has 29 heavy (non-hydrogen) atoms. The topological polar surface area (TPSA) is 66.9 Å². The molecule has 0 N–H and O–H groups in total. The third-order valence-electron chi connectivity index (χ3n) is 5.67. The molecule has 4 rings (SSSR count). The van der Waals surface area contributed by atoms with E-state index in [1.165, 1.54) is 11.3 Å². The minimum Gasteiger partial charge on any atom is -0.497 e. The molecule has 2 fully saturated rings. The van der Waals surface area contributed by atoms with Gasteiger partial charge in [-0.25, -0.2) is 8.42 Å². The maximum Gasteiger partial charge on any atom is 0.252 e. The number of amides is 1. The van der Waals surface area contributed by atoms with Crippen molar-refractivity contribution in [2.24, 2.45) is 0 Å². The molecular formula is C21H26N2O4S2. The molecule has 1 atom stereocenters. The van der Waals surface area contributed by atoms with Gasteiger partial charge in [0.1, 0.15) is 9.96 Å². The summed E-state index contributed by atoms with van der Waals surface area (Å²) in [6, 6.07) is 11.3. The van der Waals surface area contributed by atoms with E-state index in [1.807, 2.05) is 29.2 Å². The van der Waals surface area contributed by atoms with Gasteiger partial charge in [0.15, 0.2) is 0 Å². The number of thiophene rings is 1. The molecule has 0 radical (unpaired) electrons. The van der Waals surface area contributed by atoms with Gasteiger partial charge in [0.2, 0.25) is 5.91 Å². The van der Waals surface area contributed by atoms with Crippen molar-refractivity contribution in [1.29, 1.82) is 0 Å². The van der Waals surface area contributed by atoms with Gasteiger partial charge in [0.25, 0.3) is 10.0 Å². The number of carbonyl (C=O) groups excluding carboxylic acids is 1. The third-order valence-corrected chi connectivity index (χ3v) is 9.12. The van der Waals surface area contributed by atoms with Crippen molar-refractivity contribution in [1.82, 2.24) is 9.21 Å². The Bertz CT molecular complexity index is 980. The minimum atomic E-state index is -3.42. The Morgan fingerprint density at radius 1 is 1.14 bits per heavy atom. The van der Waals surface area contributed by atoms with Gasteiger partial charge >= 0.3 is 0 Å². The predicted molar refractivity (Wildman–Crippen MR) is 113 cm³/mol. The summed E-state index contributed by atoms with van der Waals surface area (Å²) < 4.78 is 32.6. The second kappa shape index (κ2) is 8.45. The van der Waals surface area contributed by atoms with E-state index in [4.69, 9.17) is 4.74 Å². The molecule has 0 spiro atoms. The third kappa shape index (κ3) is 4.20. The van der Waals surface area contributed by atoms with Crippen LogP contribution in [0.15, 0.2) is 40.6 Å². The zero-order valence-electron chi connectivity index (χ0n) is 16.5. The highest BCUT2D eigenvalue weighted by Gasteiger charge is 2.32. The van der Waals surface area contributed by atoms with Gasteiger partial charge in [-0.1, -0.05) is 12.1 Å². The molecular weight excluding hydrogens is 408 g/mol. The molecule has 1 unspecified atom stereocenters. The zero-order chi connectivity index (χ0) is 20.4. The summed E-state index contributed by atoms with van der Waals surface area (Å²) >= 11 is 1.22. The summed E-state index contributed by atoms with van der Waals surface area (Å²) in [5.74, 6) is 0.833. The van der Waals surface area contributed by atoms with Gasteiger partial charge in [-0.05, 0) is 55.5 Å². The fraction of sp³-hybridized carbons (Fsp3) is 0.476. The maximum atomic E-state index is 13.0. The van der Waals surface area contributed by atoms with Gasteiger partial charge in [-0.2, -0.15) is 4.31 Å². The number of nitrogens with zero attached hydrogens (tertiary/aromatic N) is 2. The number of rotatable bonds is 6. The van der Waals surface area contributed by atoms with Crippen LogP contribution in [0.25, 0.3) is 0 Å². The van der Waals surface area contributed by atoms with Crippen molar-refractivity contribution in [3.8, 4) is 5.75 Å². The lowest BCUT2D eigenvalue weighted by molar-refractivity contribution is -0.131. The Labute approximate surface area is 176 Å².